The lowest BCUT2D eigenvalue weighted by atomic mass is 10.2. The highest BCUT2D eigenvalue weighted by atomic mass is 19.1. The van der Waals surface area contributed by atoms with Gasteiger partial charge in [-0.25, -0.2) is 4.39 Å². The van der Waals surface area contributed by atoms with Gasteiger partial charge in [-0.2, -0.15) is 0 Å². The monoisotopic (exact) mass is 115 g/mol. The number of hydrogen-bond acceptors (Lipinski definition) is 1. The predicted molar refractivity (Wildman–Crippen MR) is 31.3 cm³/mol. The van der Waals surface area contributed by atoms with E-state index >= 15 is 0 Å². The minimum atomic E-state index is -0.668. The largest absolute Gasteiger partial charge is 0.386 e. The van der Waals surface area contributed by atoms with E-state index < -0.39 is 6.17 Å². The van der Waals surface area contributed by atoms with Gasteiger partial charge in [0.1, 0.15) is 6.17 Å². The molecular formula is C6H10FN. The molecule has 0 radical (unpaired) electrons. The topological polar surface area (TPSA) is 12.0 Å². The molecule has 0 fully saturated rings. The lowest BCUT2D eigenvalue weighted by Crippen LogP contribution is -2.25. The molecule has 0 amide bonds. The van der Waals surface area contributed by atoms with Crippen LogP contribution in [-0.4, -0.2) is 12.7 Å². The van der Waals surface area contributed by atoms with Crippen molar-refractivity contribution in [2.75, 3.05) is 6.54 Å². The van der Waals surface area contributed by atoms with Crippen LogP contribution in [-0.2, 0) is 0 Å². The van der Waals surface area contributed by atoms with Gasteiger partial charge in [-0.1, -0.05) is 6.08 Å². The van der Waals surface area contributed by atoms with Crippen molar-refractivity contribution in [2.24, 2.45) is 0 Å². The number of alkyl halides is 1. The van der Waals surface area contributed by atoms with Crippen LogP contribution in [0.25, 0.3) is 0 Å². The number of allylic oxidation sites excluding steroid dienone is 2. The van der Waals surface area contributed by atoms with Gasteiger partial charge in [-0.15, -0.1) is 0 Å². The van der Waals surface area contributed by atoms with Crippen LogP contribution in [0.3, 0.4) is 0 Å². The molecule has 0 aromatic carbocycles. The Balaban J connectivity index is 2.42. The summed E-state index contributed by atoms with van der Waals surface area (Å²) < 4.78 is 12.2. The first-order chi connectivity index (χ1) is 3.79. The second-order valence-electron chi connectivity index (χ2n) is 2.10. The summed E-state index contributed by atoms with van der Waals surface area (Å²) in [5.41, 5.74) is 1.10. The molecule has 0 aromatic heterocycles. The van der Waals surface area contributed by atoms with Gasteiger partial charge < -0.3 is 5.32 Å². The van der Waals surface area contributed by atoms with E-state index in [9.17, 15) is 4.39 Å². The third-order valence-corrected chi connectivity index (χ3v) is 1.28. The summed E-state index contributed by atoms with van der Waals surface area (Å²) in [6, 6.07) is 0. The minimum absolute atomic E-state index is 0.488. The van der Waals surface area contributed by atoms with Gasteiger partial charge in [-0.3, -0.25) is 0 Å². The molecule has 0 aromatic rings. The van der Waals surface area contributed by atoms with Crippen molar-refractivity contribution in [1.82, 2.24) is 5.32 Å². The Hall–Kier alpha value is -0.530. The van der Waals surface area contributed by atoms with E-state index in [0.717, 1.165) is 5.70 Å². The number of hydrogen-bond donors (Lipinski definition) is 1. The van der Waals surface area contributed by atoms with Gasteiger partial charge in [0.15, 0.2) is 0 Å². The summed E-state index contributed by atoms with van der Waals surface area (Å²) in [6.45, 7) is 2.44. The summed E-state index contributed by atoms with van der Waals surface area (Å²) >= 11 is 0. The minimum Gasteiger partial charge on any atom is -0.386 e. The van der Waals surface area contributed by atoms with Crippen molar-refractivity contribution in [3.8, 4) is 0 Å². The first kappa shape index (κ1) is 5.60. The summed E-state index contributed by atoms with van der Waals surface area (Å²) in [7, 11) is 0. The Kier molecular flexibility index (Phi) is 1.51. The molecule has 1 nitrogen and oxygen atoms in total. The molecule has 1 unspecified atom stereocenters. The van der Waals surface area contributed by atoms with Crippen LogP contribution in [0.1, 0.15) is 13.3 Å². The van der Waals surface area contributed by atoms with Gasteiger partial charge in [-0.05, 0) is 6.92 Å². The second-order valence-corrected chi connectivity index (χ2v) is 2.10. The van der Waals surface area contributed by atoms with Crippen molar-refractivity contribution < 1.29 is 4.39 Å². The van der Waals surface area contributed by atoms with Crippen LogP contribution >= 0.6 is 0 Å². The summed E-state index contributed by atoms with van der Waals surface area (Å²) in [5, 5.41) is 2.92. The van der Waals surface area contributed by atoms with Crippen molar-refractivity contribution in [3.05, 3.63) is 11.8 Å². The van der Waals surface area contributed by atoms with Crippen molar-refractivity contribution >= 4 is 0 Å². The van der Waals surface area contributed by atoms with Crippen molar-refractivity contribution in [1.29, 1.82) is 0 Å². The molecular weight excluding hydrogens is 105 g/mol. The van der Waals surface area contributed by atoms with Crippen LogP contribution in [0.2, 0.25) is 0 Å². The first-order valence-electron chi connectivity index (χ1n) is 2.84. The average Bonchev–Trinajstić information content (AvgIpc) is 1.77. The fraction of sp³-hybridized carbons (Fsp3) is 0.667. The molecule has 0 saturated heterocycles. The SMILES string of the molecule is CC1=CCC(F)CN1. The lowest BCUT2D eigenvalue weighted by molar-refractivity contribution is 0.318. The molecule has 0 aliphatic carbocycles. The standard InChI is InChI=1S/C6H10FN/c1-5-2-3-6(7)4-8-5/h2,6,8H,3-4H2,1H3. The summed E-state index contributed by atoms with van der Waals surface area (Å²) in [5.74, 6) is 0. The Morgan fingerprint density at radius 1 is 1.88 bits per heavy atom. The van der Waals surface area contributed by atoms with E-state index in [1.54, 1.807) is 0 Å². The molecule has 2 heteroatoms. The van der Waals surface area contributed by atoms with Gasteiger partial charge in [0, 0.05) is 18.7 Å². The number of nitrogens with one attached hydrogen (secondary N) is 1. The highest BCUT2D eigenvalue weighted by Gasteiger charge is 2.07. The maximum atomic E-state index is 12.2. The van der Waals surface area contributed by atoms with Crippen LogP contribution in [0.5, 0.6) is 0 Å². The molecule has 0 saturated carbocycles. The molecule has 8 heavy (non-hydrogen) atoms. The zero-order valence-electron chi connectivity index (χ0n) is 4.95. The second kappa shape index (κ2) is 2.16. The maximum absolute atomic E-state index is 12.2. The Bertz CT molecular complexity index is 109. The molecule has 46 valence electrons. The van der Waals surface area contributed by atoms with Gasteiger partial charge >= 0.3 is 0 Å². The third kappa shape index (κ3) is 1.22. The average molecular weight is 115 g/mol. The molecule has 1 heterocycles. The van der Waals surface area contributed by atoms with E-state index in [4.69, 9.17) is 0 Å². The van der Waals surface area contributed by atoms with E-state index in [-0.39, 0.29) is 0 Å². The van der Waals surface area contributed by atoms with Crippen LogP contribution < -0.4 is 5.32 Å². The van der Waals surface area contributed by atoms with Crippen LogP contribution in [0.4, 0.5) is 4.39 Å². The highest BCUT2D eigenvalue weighted by molar-refractivity contribution is 5.01. The molecule has 0 bridgehead atoms. The molecule has 1 atom stereocenters. The van der Waals surface area contributed by atoms with E-state index in [2.05, 4.69) is 5.32 Å². The smallest absolute Gasteiger partial charge is 0.121 e. The molecule has 1 aliphatic rings. The third-order valence-electron chi connectivity index (χ3n) is 1.28. The predicted octanol–water partition coefficient (Wildman–Crippen LogP) is 1.22. The normalized spacial score (nSPS) is 28.8. The Labute approximate surface area is 48.6 Å². The van der Waals surface area contributed by atoms with E-state index in [1.165, 1.54) is 0 Å². The van der Waals surface area contributed by atoms with E-state index in [1.807, 2.05) is 13.0 Å². The van der Waals surface area contributed by atoms with Crippen LogP contribution in [0.15, 0.2) is 11.8 Å². The molecule has 1 N–H and O–H groups in total. The van der Waals surface area contributed by atoms with Gasteiger partial charge in [0.25, 0.3) is 0 Å². The molecule has 0 spiro atoms. The quantitative estimate of drug-likeness (QED) is 0.500. The van der Waals surface area contributed by atoms with Gasteiger partial charge in [0.05, 0.1) is 0 Å². The van der Waals surface area contributed by atoms with E-state index in [0.29, 0.717) is 13.0 Å². The number of rotatable bonds is 0. The fourth-order valence-electron chi connectivity index (χ4n) is 0.732. The van der Waals surface area contributed by atoms with Crippen molar-refractivity contribution in [2.45, 2.75) is 19.5 Å². The van der Waals surface area contributed by atoms with Gasteiger partial charge in [0.2, 0.25) is 0 Å². The zero-order valence-corrected chi connectivity index (χ0v) is 4.95. The summed E-state index contributed by atoms with van der Waals surface area (Å²) in [6.07, 6.45) is 1.80. The molecule has 1 aliphatic heterocycles. The summed E-state index contributed by atoms with van der Waals surface area (Å²) in [4.78, 5) is 0. The zero-order chi connectivity index (χ0) is 5.98. The van der Waals surface area contributed by atoms with Crippen LogP contribution in [0, 0.1) is 0 Å². The fourth-order valence-corrected chi connectivity index (χ4v) is 0.732. The van der Waals surface area contributed by atoms with Crippen molar-refractivity contribution in [3.63, 3.8) is 0 Å². The molecule has 1 rings (SSSR count). The first-order valence-corrected chi connectivity index (χ1v) is 2.84. The highest BCUT2D eigenvalue weighted by Crippen LogP contribution is 2.05. The Morgan fingerprint density at radius 2 is 2.62 bits per heavy atom. The number of halogens is 1. The Morgan fingerprint density at radius 3 is 3.00 bits per heavy atom. The lowest BCUT2D eigenvalue weighted by Gasteiger charge is -2.14. The maximum Gasteiger partial charge on any atom is 0.121 e.